The number of hydrogen-bond donors (Lipinski definition) is 0. The Bertz CT molecular complexity index is 294. The lowest BCUT2D eigenvalue weighted by Crippen LogP contribution is -2.29. The summed E-state index contributed by atoms with van der Waals surface area (Å²) in [5, 5.41) is 0. The predicted octanol–water partition coefficient (Wildman–Crippen LogP) is 8.20. The molecule has 2 unspecified atom stereocenters. The van der Waals surface area contributed by atoms with Gasteiger partial charge in [-0.25, -0.2) is 0 Å². The van der Waals surface area contributed by atoms with Gasteiger partial charge in [0.25, 0.3) is 0 Å². The second kappa shape index (κ2) is 18.2. The van der Waals surface area contributed by atoms with Crippen LogP contribution in [-0.2, 0) is 4.74 Å². The summed E-state index contributed by atoms with van der Waals surface area (Å²) in [5.41, 5.74) is 1.42. The van der Waals surface area contributed by atoms with E-state index in [-0.39, 0.29) is 50.2 Å². The smallest absolute Gasteiger partial charge is 0.0657 e. The molecule has 0 aromatic heterocycles. The molecule has 0 N–H and O–H groups in total. The molecular formula is C21H48O. The molecule has 1 heteroatoms. The van der Waals surface area contributed by atoms with Gasteiger partial charge in [0.05, 0.1) is 5.60 Å². The monoisotopic (exact) mass is 316 g/mol. The molecule has 1 rings (SSSR count). The number of ether oxygens (including phenoxy) is 1. The minimum Gasteiger partial charge on any atom is -0.376 e. The highest BCUT2D eigenvalue weighted by Crippen LogP contribution is 2.30. The van der Waals surface area contributed by atoms with Crippen molar-refractivity contribution in [2.75, 3.05) is 6.61 Å². The molecule has 0 aliphatic rings. The molecule has 0 amide bonds. The highest BCUT2D eigenvalue weighted by molar-refractivity contribution is 5.19. The molecule has 2 atom stereocenters. The third kappa shape index (κ3) is 11.8. The van der Waals surface area contributed by atoms with Crippen molar-refractivity contribution in [3.8, 4) is 0 Å². The van der Waals surface area contributed by atoms with Crippen LogP contribution in [0.5, 0.6) is 0 Å². The summed E-state index contributed by atoms with van der Waals surface area (Å²) >= 11 is 0. The molecular weight excluding hydrogens is 268 g/mol. The average Bonchev–Trinajstić information content (AvgIpc) is 2.30. The fraction of sp³-hybridized carbons (Fsp3) is 0.714. The van der Waals surface area contributed by atoms with Crippen LogP contribution in [0.1, 0.15) is 96.6 Å². The SMILES string of the molecule is C.C.C.C.C.C.CCOC(C)(CC)CC(C)c1ccccc1. The van der Waals surface area contributed by atoms with E-state index in [4.69, 9.17) is 4.74 Å². The molecule has 1 aromatic rings. The van der Waals surface area contributed by atoms with E-state index in [1.54, 1.807) is 0 Å². The van der Waals surface area contributed by atoms with E-state index < -0.39 is 0 Å². The Labute approximate surface area is 144 Å². The molecule has 22 heavy (non-hydrogen) atoms. The lowest BCUT2D eigenvalue weighted by atomic mass is 9.86. The first kappa shape index (κ1) is 37.4. The van der Waals surface area contributed by atoms with E-state index in [1.165, 1.54) is 5.56 Å². The largest absolute Gasteiger partial charge is 0.376 e. The maximum absolute atomic E-state index is 5.87. The van der Waals surface area contributed by atoms with Crippen molar-refractivity contribution in [1.82, 2.24) is 0 Å². The summed E-state index contributed by atoms with van der Waals surface area (Å²) in [6.45, 7) is 9.57. The molecule has 1 nitrogen and oxygen atoms in total. The summed E-state index contributed by atoms with van der Waals surface area (Å²) < 4.78 is 5.87. The molecule has 0 radical (unpaired) electrons. The van der Waals surface area contributed by atoms with E-state index in [2.05, 4.69) is 58.0 Å². The molecule has 138 valence electrons. The molecule has 0 saturated heterocycles. The first-order valence-electron chi connectivity index (χ1n) is 6.30. The van der Waals surface area contributed by atoms with Gasteiger partial charge in [-0.15, -0.1) is 0 Å². The molecule has 0 saturated carbocycles. The molecule has 0 heterocycles. The first-order valence-corrected chi connectivity index (χ1v) is 6.30. The normalized spacial score (nSPS) is 12.2. The maximum atomic E-state index is 5.87. The zero-order valence-electron chi connectivity index (χ0n) is 11.0. The van der Waals surface area contributed by atoms with Gasteiger partial charge in [0.15, 0.2) is 0 Å². The van der Waals surface area contributed by atoms with Crippen molar-refractivity contribution in [2.45, 2.75) is 96.6 Å². The van der Waals surface area contributed by atoms with E-state index in [1.807, 2.05) is 0 Å². The van der Waals surface area contributed by atoms with Crippen LogP contribution in [0.25, 0.3) is 0 Å². The standard InChI is InChI=1S/C15H24O.6CH4/c1-5-15(4,16-6-2)12-13(3)14-10-8-7-9-11-14;;;;;;/h7-11,13H,5-6,12H2,1-4H3;6*1H4. The summed E-state index contributed by atoms with van der Waals surface area (Å²) in [7, 11) is 0. The van der Waals surface area contributed by atoms with Crippen molar-refractivity contribution < 1.29 is 4.74 Å². The van der Waals surface area contributed by atoms with Crippen LogP contribution in [0.15, 0.2) is 30.3 Å². The van der Waals surface area contributed by atoms with Crippen LogP contribution in [0.2, 0.25) is 0 Å². The minimum atomic E-state index is 0. The van der Waals surface area contributed by atoms with Crippen LogP contribution in [0.3, 0.4) is 0 Å². The Morgan fingerprint density at radius 3 is 1.73 bits per heavy atom. The van der Waals surface area contributed by atoms with Crippen LogP contribution < -0.4 is 0 Å². The summed E-state index contributed by atoms with van der Waals surface area (Å²) in [6, 6.07) is 10.7. The van der Waals surface area contributed by atoms with Crippen molar-refractivity contribution in [1.29, 1.82) is 0 Å². The van der Waals surface area contributed by atoms with Gasteiger partial charge >= 0.3 is 0 Å². The quantitative estimate of drug-likeness (QED) is 0.513. The molecule has 0 fully saturated rings. The summed E-state index contributed by atoms with van der Waals surface area (Å²) in [5.74, 6) is 0.553. The minimum absolute atomic E-state index is 0. The number of benzene rings is 1. The average molecular weight is 317 g/mol. The molecule has 1 aromatic carbocycles. The second-order valence-corrected chi connectivity index (χ2v) is 4.75. The Balaban J connectivity index is -0.000000107. The molecule has 0 aliphatic heterocycles. The van der Waals surface area contributed by atoms with Gasteiger partial charge < -0.3 is 4.74 Å². The van der Waals surface area contributed by atoms with E-state index in [0.717, 1.165) is 19.4 Å². The van der Waals surface area contributed by atoms with E-state index in [9.17, 15) is 0 Å². The molecule has 0 bridgehead atoms. The zero-order chi connectivity index (χ0) is 12.0. The number of hydrogen-bond acceptors (Lipinski definition) is 1. The second-order valence-electron chi connectivity index (χ2n) is 4.75. The molecule has 0 aliphatic carbocycles. The van der Waals surface area contributed by atoms with Crippen LogP contribution in [0.4, 0.5) is 0 Å². The van der Waals surface area contributed by atoms with Gasteiger partial charge in [-0.2, -0.15) is 0 Å². The lowest BCUT2D eigenvalue weighted by Gasteiger charge is -2.31. The van der Waals surface area contributed by atoms with Gasteiger partial charge in [-0.3, -0.25) is 0 Å². The Kier molecular flexibility index (Phi) is 31.0. The molecule has 0 spiro atoms. The van der Waals surface area contributed by atoms with Crippen molar-refractivity contribution in [3.05, 3.63) is 35.9 Å². The third-order valence-electron chi connectivity index (χ3n) is 3.35. The fourth-order valence-corrected chi connectivity index (χ4v) is 2.20. The Morgan fingerprint density at radius 2 is 1.36 bits per heavy atom. The lowest BCUT2D eigenvalue weighted by molar-refractivity contribution is -0.0374. The maximum Gasteiger partial charge on any atom is 0.0657 e. The third-order valence-corrected chi connectivity index (χ3v) is 3.35. The van der Waals surface area contributed by atoms with Crippen LogP contribution in [-0.4, -0.2) is 12.2 Å². The highest BCUT2D eigenvalue weighted by atomic mass is 16.5. The van der Waals surface area contributed by atoms with Crippen LogP contribution in [0, 0.1) is 0 Å². The summed E-state index contributed by atoms with van der Waals surface area (Å²) in [6.07, 6.45) is 2.15. The Hall–Kier alpha value is -0.820. The highest BCUT2D eigenvalue weighted by Gasteiger charge is 2.25. The van der Waals surface area contributed by atoms with Crippen LogP contribution >= 0.6 is 0 Å². The number of rotatable bonds is 6. The summed E-state index contributed by atoms with van der Waals surface area (Å²) in [4.78, 5) is 0. The van der Waals surface area contributed by atoms with E-state index >= 15 is 0 Å². The topological polar surface area (TPSA) is 9.23 Å². The zero-order valence-corrected chi connectivity index (χ0v) is 11.0. The van der Waals surface area contributed by atoms with Gasteiger partial charge in [0.2, 0.25) is 0 Å². The first-order chi connectivity index (χ1) is 7.61. The van der Waals surface area contributed by atoms with Gasteiger partial charge in [-0.1, -0.05) is 88.7 Å². The van der Waals surface area contributed by atoms with Gasteiger partial charge in [0, 0.05) is 6.61 Å². The van der Waals surface area contributed by atoms with Crippen molar-refractivity contribution in [2.24, 2.45) is 0 Å². The van der Waals surface area contributed by atoms with Crippen molar-refractivity contribution in [3.63, 3.8) is 0 Å². The fourth-order valence-electron chi connectivity index (χ4n) is 2.20. The predicted molar refractivity (Wildman–Crippen MR) is 110 cm³/mol. The van der Waals surface area contributed by atoms with E-state index in [0.29, 0.717) is 5.92 Å². The van der Waals surface area contributed by atoms with Gasteiger partial charge in [0.1, 0.15) is 0 Å². The van der Waals surface area contributed by atoms with Gasteiger partial charge in [-0.05, 0) is 38.2 Å². The van der Waals surface area contributed by atoms with Crippen molar-refractivity contribution >= 4 is 0 Å². The Morgan fingerprint density at radius 1 is 0.909 bits per heavy atom.